The van der Waals surface area contributed by atoms with Crippen LogP contribution >= 0.6 is 12.6 Å². The van der Waals surface area contributed by atoms with Gasteiger partial charge in [-0.3, -0.25) is 5.01 Å². The van der Waals surface area contributed by atoms with Gasteiger partial charge in [0.25, 0.3) is 0 Å². The molecule has 0 atom stereocenters. The van der Waals surface area contributed by atoms with Gasteiger partial charge in [0.2, 0.25) is 0 Å². The van der Waals surface area contributed by atoms with E-state index < -0.39 is 0 Å². The van der Waals surface area contributed by atoms with E-state index in [4.69, 9.17) is 5.84 Å². The lowest BCUT2D eigenvalue weighted by atomic mass is 11.0. The molecule has 0 spiro atoms. The van der Waals surface area contributed by atoms with Gasteiger partial charge in [-0.25, -0.2) is 10.8 Å². The average Bonchev–Trinajstić information content (AvgIpc) is 1.83. The van der Waals surface area contributed by atoms with Crippen molar-refractivity contribution in [2.24, 2.45) is 10.8 Å². The second-order valence-corrected chi connectivity index (χ2v) is 1.39. The highest BCUT2D eigenvalue weighted by Gasteiger charge is 1.79. The molecule has 0 radical (unpaired) electrons. The number of hydrazine groups is 1. The third-order valence-corrected chi connectivity index (χ3v) is 0.810. The van der Waals surface area contributed by atoms with Gasteiger partial charge in [-0.15, -0.1) is 0 Å². The van der Waals surface area contributed by atoms with Gasteiger partial charge in [0, 0.05) is 6.20 Å². The Morgan fingerprint density at radius 1 is 1.88 bits per heavy atom. The Morgan fingerprint density at radius 2 is 2.50 bits per heavy atom. The third-order valence-electron chi connectivity index (χ3n) is 0.484. The zero-order valence-corrected chi connectivity index (χ0v) is 5.38. The molecule has 0 saturated carbocycles. The first-order valence-electron chi connectivity index (χ1n) is 2.07. The summed E-state index contributed by atoms with van der Waals surface area (Å²) >= 11 is 3.86. The van der Waals surface area contributed by atoms with Crippen LogP contribution < -0.4 is 5.84 Å². The second-order valence-electron chi connectivity index (χ2n) is 1.10. The van der Waals surface area contributed by atoms with Gasteiger partial charge in [0.15, 0.2) is 0 Å². The molecule has 46 valence electrons. The minimum atomic E-state index is 0.456. The van der Waals surface area contributed by atoms with Crippen LogP contribution in [0.3, 0.4) is 0 Å². The van der Waals surface area contributed by atoms with Crippen molar-refractivity contribution in [1.29, 1.82) is 0 Å². The summed E-state index contributed by atoms with van der Waals surface area (Å²) in [5.41, 5.74) is 0. The van der Waals surface area contributed by atoms with Crippen LogP contribution in [0.1, 0.15) is 0 Å². The first-order valence-corrected chi connectivity index (χ1v) is 2.71. The largest absolute Gasteiger partial charge is 0.291 e. The number of hydrogen-bond donors (Lipinski definition) is 2. The first kappa shape index (κ1) is 7.52. The van der Waals surface area contributed by atoms with Crippen LogP contribution in [0.4, 0.5) is 0 Å². The molecular weight excluding hydrogens is 122 g/mol. The van der Waals surface area contributed by atoms with Crippen LogP contribution in [0, 0.1) is 0 Å². The molecule has 0 fully saturated rings. The van der Waals surface area contributed by atoms with E-state index in [1.165, 1.54) is 17.5 Å². The van der Waals surface area contributed by atoms with Gasteiger partial charge in [0.05, 0.1) is 5.88 Å². The molecule has 0 aliphatic carbocycles. The lowest BCUT2D eigenvalue weighted by Crippen LogP contribution is -2.27. The van der Waals surface area contributed by atoms with Crippen LogP contribution in [0.5, 0.6) is 0 Å². The third kappa shape index (κ3) is 3.70. The lowest BCUT2D eigenvalue weighted by Gasteiger charge is -2.04. The van der Waals surface area contributed by atoms with Gasteiger partial charge in [-0.1, -0.05) is 6.58 Å². The molecule has 0 bridgehead atoms. The SMILES string of the molecule is C=CN=CN(N)CS. The van der Waals surface area contributed by atoms with Gasteiger partial charge < -0.3 is 0 Å². The predicted molar refractivity (Wildman–Crippen MR) is 38.6 cm³/mol. The number of thiol groups is 1. The highest BCUT2D eigenvalue weighted by molar-refractivity contribution is 7.80. The van der Waals surface area contributed by atoms with Gasteiger partial charge >= 0.3 is 0 Å². The second kappa shape index (κ2) is 4.67. The molecule has 0 saturated heterocycles. The number of hydrogen-bond acceptors (Lipinski definition) is 3. The summed E-state index contributed by atoms with van der Waals surface area (Å²) in [7, 11) is 0. The van der Waals surface area contributed by atoms with Crippen molar-refractivity contribution in [2.75, 3.05) is 5.88 Å². The Kier molecular flexibility index (Phi) is 4.39. The van der Waals surface area contributed by atoms with Crippen LogP contribution in [0.2, 0.25) is 0 Å². The smallest absolute Gasteiger partial charge is 0.105 e. The molecule has 0 aromatic heterocycles. The standard InChI is InChI=1S/C4H9N3S/c1-2-6-3-7(5)4-8/h2-3,8H,1,4-5H2. The maximum atomic E-state index is 5.22. The summed E-state index contributed by atoms with van der Waals surface area (Å²) in [6.07, 6.45) is 2.85. The Bertz CT molecular complexity index is 91.3. The molecule has 0 unspecified atom stereocenters. The summed E-state index contributed by atoms with van der Waals surface area (Å²) in [5.74, 6) is 5.67. The number of nitrogens with two attached hydrogens (primary N) is 1. The summed E-state index contributed by atoms with van der Waals surface area (Å²) in [4.78, 5) is 3.63. The monoisotopic (exact) mass is 131 g/mol. The quantitative estimate of drug-likeness (QED) is 0.144. The fourth-order valence-corrected chi connectivity index (χ4v) is 0.242. The van der Waals surface area contributed by atoms with Crippen LogP contribution in [-0.2, 0) is 0 Å². The lowest BCUT2D eigenvalue weighted by molar-refractivity contribution is 0.537. The first-order chi connectivity index (χ1) is 3.81. The summed E-state index contributed by atoms with van der Waals surface area (Å²) in [5, 5.41) is 1.34. The molecule has 4 heteroatoms. The Hall–Kier alpha value is -0.480. The van der Waals surface area contributed by atoms with E-state index in [0.717, 1.165) is 0 Å². The summed E-state index contributed by atoms with van der Waals surface area (Å²) in [6, 6.07) is 0. The molecule has 3 nitrogen and oxygen atoms in total. The number of aliphatic imine (C=N–C) groups is 1. The zero-order chi connectivity index (χ0) is 6.41. The van der Waals surface area contributed by atoms with Crippen molar-refractivity contribution in [2.45, 2.75) is 0 Å². The maximum absolute atomic E-state index is 5.22. The Labute approximate surface area is 54.3 Å². The topological polar surface area (TPSA) is 41.6 Å². The van der Waals surface area contributed by atoms with E-state index in [-0.39, 0.29) is 0 Å². The molecule has 8 heavy (non-hydrogen) atoms. The van der Waals surface area contributed by atoms with Gasteiger partial charge in [0.1, 0.15) is 6.34 Å². The summed E-state index contributed by atoms with van der Waals surface area (Å²) < 4.78 is 0. The number of nitrogens with zero attached hydrogens (tertiary/aromatic N) is 2. The van der Waals surface area contributed by atoms with Gasteiger partial charge in [-0.05, 0) is 0 Å². The molecule has 0 aromatic carbocycles. The fraction of sp³-hybridized carbons (Fsp3) is 0.250. The van der Waals surface area contributed by atoms with Crippen molar-refractivity contribution in [1.82, 2.24) is 5.01 Å². The van der Waals surface area contributed by atoms with Crippen molar-refractivity contribution < 1.29 is 0 Å². The molecule has 0 heterocycles. The summed E-state index contributed by atoms with van der Waals surface area (Å²) in [6.45, 7) is 3.36. The molecule has 0 aromatic rings. The Balaban J connectivity index is 3.35. The molecule has 0 aliphatic rings. The van der Waals surface area contributed by atoms with Crippen LogP contribution in [0.25, 0.3) is 0 Å². The zero-order valence-electron chi connectivity index (χ0n) is 4.49. The highest BCUT2D eigenvalue weighted by Crippen LogP contribution is 1.75. The van der Waals surface area contributed by atoms with Crippen molar-refractivity contribution >= 4 is 19.0 Å². The predicted octanol–water partition coefficient (Wildman–Crippen LogP) is 0.221. The molecular formula is C4H9N3S. The average molecular weight is 131 g/mol. The van der Waals surface area contributed by atoms with Crippen molar-refractivity contribution in [3.63, 3.8) is 0 Å². The Morgan fingerprint density at radius 3 is 2.88 bits per heavy atom. The van der Waals surface area contributed by atoms with E-state index in [9.17, 15) is 0 Å². The van der Waals surface area contributed by atoms with E-state index in [0.29, 0.717) is 5.88 Å². The molecule has 2 N–H and O–H groups in total. The molecule has 0 aliphatic heterocycles. The van der Waals surface area contributed by atoms with E-state index in [1.807, 2.05) is 0 Å². The van der Waals surface area contributed by atoms with E-state index in [1.54, 1.807) is 0 Å². The van der Waals surface area contributed by atoms with Crippen molar-refractivity contribution in [3.05, 3.63) is 12.8 Å². The maximum Gasteiger partial charge on any atom is 0.105 e. The highest BCUT2D eigenvalue weighted by atomic mass is 32.1. The van der Waals surface area contributed by atoms with E-state index >= 15 is 0 Å². The minimum absolute atomic E-state index is 0.456. The van der Waals surface area contributed by atoms with Crippen LogP contribution in [0.15, 0.2) is 17.8 Å². The molecule has 0 amide bonds. The number of rotatable bonds is 3. The minimum Gasteiger partial charge on any atom is -0.291 e. The van der Waals surface area contributed by atoms with E-state index in [2.05, 4.69) is 24.2 Å². The van der Waals surface area contributed by atoms with Gasteiger partial charge in [-0.2, -0.15) is 12.6 Å². The van der Waals surface area contributed by atoms with Crippen molar-refractivity contribution in [3.8, 4) is 0 Å². The normalized spacial score (nSPS) is 9.75. The fourth-order valence-electron chi connectivity index (χ4n) is 0.169. The molecule has 0 rings (SSSR count). The van der Waals surface area contributed by atoms with Crippen LogP contribution in [-0.4, -0.2) is 17.2 Å².